The summed E-state index contributed by atoms with van der Waals surface area (Å²) in [6.07, 6.45) is 7.15. The zero-order chi connectivity index (χ0) is 13.7. The van der Waals surface area contributed by atoms with Gasteiger partial charge in [0.05, 0.1) is 0 Å². The van der Waals surface area contributed by atoms with Gasteiger partial charge in [-0.05, 0) is 55.5 Å². The SMILES string of the molecule is CCNC1CCCCC(Cc2cc(F)ccc2Cl)C1. The molecule has 0 heterocycles. The van der Waals surface area contributed by atoms with Crippen molar-refractivity contribution in [2.45, 2.75) is 51.5 Å². The summed E-state index contributed by atoms with van der Waals surface area (Å²) < 4.78 is 13.3. The molecule has 0 spiro atoms. The first-order valence-corrected chi connectivity index (χ1v) is 7.74. The summed E-state index contributed by atoms with van der Waals surface area (Å²) in [6.45, 7) is 3.18. The molecule has 19 heavy (non-hydrogen) atoms. The molecule has 1 aliphatic rings. The lowest BCUT2D eigenvalue weighted by atomic mass is 9.91. The lowest BCUT2D eigenvalue weighted by molar-refractivity contribution is 0.389. The van der Waals surface area contributed by atoms with Crippen LogP contribution < -0.4 is 5.32 Å². The van der Waals surface area contributed by atoms with Crippen LogP contribution in [-0.4, -0.2) is 12.6 Å². The molecule has 106 valence electrons. The highest BCUT2D eigenvalue weighted by atomic mass is 35.5. The van der Waals surface area contributed by atoms with E-state index in [0.717, 1.165) is 18.5 Å². The third-order valence-corrected chi connectivity index (χ3v) is 4.41. The van der Waals surface area contributed by atoms with Crippen molar-refractivity contribution in [3.8, 4) is 0 Å². The van der Waals surface area contributed by atoms with Crippen LogP contribution in [0.5, 0.6) is 0 Å². The quantitative estimate of drug-likeness (QED) is 0.798. The minimum absolute atomic E-state index is 0.184. The smallest absolute Gasteiger partial charge is 0.123 e. The van der Waals surface area contributed by atoms with Crippen molar-refractivity contribution in [2.75, 3.05) is 6.54 Å². The molecule has 2 atom stereocenters. The predicted molar refractivity (Wildman–Crippen MR) is 79.2 cm³/mol. The Morgan fingerprint density at radius 2 is 2.11 bits per heavy atom. The van der Waals surface area contributed by atoms with Gasteiger partial charge in [-0.2, -0.15) is 0 Å². The highest BCUT2D eigenvalue weighted by Crippen LogP contribution is 2.29. The Morgan fingerprint density at radius 1 is 1.32 bits per heavy atom. The topological polar surface area (TPSA) is 12.0 Å². The molecule has 0 saturated heterocycles. The molecule has 0 aliphatic heterocycles. The van der Waals surface area contributed by atoms with E-state index in [1.165, 1.54) is 38.2 Å². The van der Waals surface area contributed by atoms with Crippen LogP contribution >= 0.6 is 11.6 Å². The first-order chi connectivity index (χ1) is 9.19. The van der Waals surface area contributed by atoms with Crippen molar-refractivity contribution < 1.29 is 4.39 Å². The molecule has 1 saturated carbocycles. The van der Waals surface area contributed by atoms with Gasteiger partial charge in [-0.1, -0.05) is 37.8 Å². The number of nitrogens with one attached hydrogen (secondary N) is 1. The highest BCUT2D eigenvalue weighted by Gasteiger charge is 2.20. The summed E-state index contributed by atoms with van der Waals surface area (Å²) >= 11 is 6.17. The Morgan fingerprint density at radius 3 is 2.89 bits per heavy atom. The number of benzene rings is 1. The van der Waals surface area contributed by atoms with E-state index in [0.29, 0.717) is 17.0 Å². The highest BCUT2D eigenvalue weighted by molar-refractivity contribution is 6.31. The van der Waals surface area contributed by atoms with Gasteiger partial charge in [0.2, 0.25) is 0 Å². The van der Waals surface area contributed by atoms with Crippen LogP contribution in [0, 0.1) is 11.7 Å². The van der Waals surface area contributed by atoms with Gasteiger partial charge in [-0.15, -0.1) is 0 Å². The summed E-state index contributed by atoms with van der Waals surface area (Å²) in [5.74, 6) is 0.433. The van der Waals surface area contributed by atoms with Crippen molar-refractivity contribution in [2.24, 2.45) is 5.92 Å². The van der Waals surface area contributed by atoms with E-state index >= 15 is 0 Å². The van der Waals surface area contributed by atoms with E-state index in [4.69, 9.17) is 11.6 Å². The molecule has 0 amide bonds. The van der Waals surface area contributed by atoms with Crippen molar-refractivity contribution in [1.29, 1.82) is 0 Å². The molecule has 1 aromatic rings. The van der Waals surface area contributed by atoms with Crippen LogP contribution in [0.25, 0.3) is 0 Å². The molecular weight excluding hydrogens is 261 g/mol. The minimum Gasteiger partial charge on any atom is -0.314 e. The molecule has 0 aromatic heterocycles. The number of hydrogen-bond acceptors (Lipinski definition) is 1. The van der Waals surface area contributed by atoms with E-state index in [1.807, 2.05) is 0 Å². The van der Waals surface area contributed by atoms with Crippen molar-refractivity contribution in [3.63, 3.8) is 0 Å². The fourth-order valence-electron chi connectivity index (χ4n) is 3.13. The van der Waals surface area contributed by atoms with Crippen molar-refractivity contribution >= 4 is 11.6 Å². The summed E-state index contributed by atoms with van der Waals surface area (Å²) in [4.78, 5) is 0. The van der Waals surface area contributed by atoms with Crippen LogP contribution in [0.15, 0.2) is 18.2 Å². The number of halogens is 2. The van der Waals surface area contributed by atoms with Gasteiger partial charge in [-0.3, -0.25) is 0 Å². The van der Waals surface area contributed by atoms with Crippen LogP contribution in [-0.2, 0) is 6.42 Å². The fraction of sp³-hybridized carbons (Fsp3) is 0.625. The molecule has 0 bridgehead atoms. The van der Waals surface area contributed by atoms with Gasteiger partial charge < -0.3 is 5.32 Å². The zero-order valence-corrected chi connectivity index (χ0v) is 12.3. The second kappa shape index (κ2) is 7.25. The Hall–Kier alpha value is -0.600. The standard InChI is InChI=1S/C16H23ClFN/c1-2-19-15-6-4-3-5-12(10-15)9-13-11-14(18)7-8-16(13)17/h7-8,11-12,15,19H,2-6,9-10H2,1H3. The monoisotopic (exact) mass is 283 g/mol. The molecular formula is C16H23ClFN. The lowest BCUT2D eigenvalue weighted by Crippen LogP contribution is -2.30. The number of rotatable bonds is 4. The van der Waals surface area contributed by atoms with E-state index in [2.05, 4.69) is 12.2 Å². The third-order valence-electron chi connectivity index (χ3n) is 4.04. The molecule has 1 N–H and O–H groups in total. The molecule has 1 aromatic carbocycles. The Balaban J connectivity index is 2.02. The second-order valence-electron chi connectivity index (χ2n) is 5.58. The predicted octanol–water partition coefficient (Wildman–Crippen LogP) is 4.58. The summed E-state index contributed by atoms with van der Waals surface area (Å²) in [7, 11) is 0. The third kappa shape index (κ3) is 4.47. The first kappa shape index (κ1) is 14.8. The molecule has 3 heteroatoms. The summed E-state index contributed by atoms with van der Waals surface area (Å²) in [5, 5.41) is 4.26. The van der Waals surface area contributed by atoms with Gasteiger partial charge in [-0.25, -0.2) is 4.39 Å². The molecule has 2 rings (SSSR count). The van der Waals surface area contributed by atoms with Gasteiger partial charge in [0.1, 0.15) is 5.82 Å². The van der Waals surface area contributed by atoms with Gasteiger partial charge in [0.25, 0.3) is 0 Å². The molecule has 0 radical (unpaired) electrons. The Labute approximate surface area is 120 Å². The molecule has 1 fully saturated rings. The maximum Gasteiger partial charge on any atom is 0.123 e. The van der Waals surface area contributed by atoms with Crippen LogP contribution in [0.3, 0.4) is 0 Å². The number of hydrogen-bond donors (Lipinski definition) is 1. The molecule has 2 unspecified atom stereocenters. The summed E-state index contributed by atoms with van der Waals surface area (Å²) in [6, 6.07) is 5.31. The molecule has 1 aliphatic carbocycles. The van der Waals surface area contributed by atoms with Crippen LogP contribution in [0.4, 0.5) is 4.39 Å². The van der Waals surface area contributed by atoms with E-state index in [9.17, 15) is 4.39 Å². The maximum atomic E-state index is 13.3. The second-order valence-corrected chi connectivity index (χ2v) is 5.99. The zero-order valence-electron chi connectivity index (χ0n) is 11.6. The maximum absolute atomic E-state index is 13.3. The first-order valence-electron chi connectivity index (χ1n) is 7.36. The lowest BCUT2D eigenvalue weighted by Gasteiger charge is -2.21. The fourth-order valence-corrected chi connectivity index (χ4v) is 3.33. The van der Waals surface area contributed by atoms with Crippen molar-refractivity contribution in [3.05, 3.63) is 34.6 Å². The summed E-state index contributed by atoms with van der Waals surface area (Å²) in [5.41, 5.74) is 0.962. The van der Waals surface area contributed by atoms with Gasteiger partial charge >= 0.3 is 0 Å². The normalized spacial score (nSPS) is 24.2. The van der Waals surface area contributed by atoms with E-state index in [-0.39, 0.29) is 5.82 Å². The average molecular weight is 284 g/mol. The van der Waals surface area contributed by atoms with Crippen LogP contribution in [0.1, 0.15) is 44.6 Å². The van der Waals surface area contributed by atoms with E-state index in [1.54, 1.807) is 12.1 Å². The van der Waals surface area contributed by atoms with Gasteiger partial charge in [0, 0.05) is 11.1 Å². The van der Waals surface area contributed by atoms with Gasteiger partial charge in [0.15, 0.2) is 0 Å². The van der Waals surface area contributed by atoms with E-state index < -0.39 is 0 Å². The minimum atomic E-state index is -0.184. The van der Waals surface area contributed by atoms with Crippen molar-refractivity contribution in [1.82, 2.24) is 5.32 Å². The average Bonchev–Trinajstić information content (AvgIpc) is 2.60. The largest absolute Gasteiger partial charge is 0.314 e. The Bertz CT molecular complexity index is 408. The molecule has 1 nitrogen and oxygen atoms in total. The van der Waals surface area contributed by atoms with Crippen LogP contribution in [0.2, 0.25) is 5.02 Å². The Kier molecular flexibility index (Phi) is 5.65.